The first-order valence-corrected chi connectivity index (χ1v) is 7.84. The molecule has 2 aromatic rings. The van der Waals surface area contributed by atoms with E-state index in [1.54, 1.807) is 12.1 Å². The summed E-state index contributed by atoms with van der Waals surface area (Å²) in [5.74, 6) is 1.41. The predicted octanol–water partition coefficient (Wildman–Crippen LogP) is 4.06. The summed E-state index contributed by atoms with van der Waals surface area (Å²) in [4.78, 5) is 11.9. The number of amides is 1. The van der Waals surface area contributed by atoms with Crippen molar-refractivity contribution in [3.05, 3.63) is 64.7 Å². The zero-order valence-electron chi connectivity index (χ0n) is 12.2. The van der Waals surface area contributed by atoms with Gasteiger partial charge in [0.25, 0.3) is 5.91 Å². The minimum absolute atomic E-state index is 0.0175. The number of carbonyl (C=O) groups excluding carboxylic acids is 1. The summed E-state index contributed by atoms with van der Waals surface area (Å²) in [5.41, 5.74) is 1.72. The fourth-order valence-corrected chi connectivity index (χ4v) is 2.24. The predicted molar refractivity (Wildman–Crippen MR) is 87.3 cm³/mol. The van der Waals surface area contributed by atoms with E-state index in [4.69, 9.17) is 16.3 Å². The quantitative estimate of drug-likeness (QED) is 0.873. The van der Waals surface area contributed by atoms with Gasteiger partial charge in [-0.15, -0.1) is 0 Å². The van der Waals surface area contributed by atoms with Crippen LogP contribution in [0.2, 0.25) is 5.02 Å². The second-order valence-corrected chi connectivity index (χ2v) is 6.03. The fraction of sp³-hybridized carbons (Fsp3) is 0.278. The highest BCUT2D eigenvalue weighted by molar-refractivity contribution is 6.30. The Morgan fingerprint density at radius 2 is 1.77 bits per heavy atom. The Balaban J connectivity index is 1.52. The minimum Gasteiger partial charge on any atom is -0.489 e. The summed E-state index contributed by atoms with van der Waals surface area (Å²) in [6.07, 6.45) is 2.47. The third-order valence-corrected chi connectivity index (χ3v) is 3.94. The lowest BCUT2D eigenvalue weighted by Crippen LogP contribution is -2.25. The average Bonchev–Trinajstić information content (AvgIpc) is 3.37. The van der Waals surface area contributed by atoms with Crippen LogP contribution in [0.4, 0.5) is 0 Å². The first-order chi connectivity index (χ1) is 10.7. The number of nitrogens with one attached hydrogen (secondary N) is 1. The molecule has 1 N–H and O–H groups in total. The fourth-order valence-electron chi connectivity index (χ4n) is 2.11. The number of hydrogen-bond acceptors (Lipinski definition) is 2. The van der Waals surface area contributed by atoms with Gasteiger partial charge in [0, 0.05) is 17.1 Å². The molecule has 0 radical (unpaired) electrons. The third kappa shape index (κ3) is 4.25. The topological polar surface area (TPSA) is 38.3 Å². The molecule has 0 bridgehead atoms. The Bertz CT molecular complexity index is 633. The highest BCUT2D eigenvalue weighted by atomic mass is 35.5. The van der Waals surface area contributed by atoms with Gasteiger partial charge in [0.2, 0.25) is 0 Å². The monoisotopic (exact) mass is 315 g/mol. The maximum atomic E-state index is 11.9. The first-order valence-electron chi connectivity index (χ1n) is 7.46. The molecule has 2 aromatic carbocycles. The van der Waals surface area contributed by atoms with Crippen molar-refractivity contribution in [3.8, 4) is 5.75 Å². The van der Waals surface area contributed by atoms with Crippen LogP contribution in [0, 0.1) is 5.92 Å². The average molecular weight is 316 g/mol. The zero-order chi connectivity index (χ0) is 15.4. The van der Waals surface area contributed by atoms with E-state index < -0.39 is 0 Å². The van der Waals surface area contributed by atoms with E-state index in [1.807, 2.05) is 36.4 Å². The van der Waals surface area contributed by atoms with Gasteiger partial charge in [-0.25, -0.2) is 0 Å². The third-order valence-electron chi connectivity index (χ3n) is 3.68. The molecule has 0 heterocycles. The standard InChI is InChI=1S/C18H18ClNO2/c19-16-7-3-14(4-8-16)12-22-17-9-5-15(6-10-17)18(21)20-11-13-1-2-13/h3-10,13H,1-2,11-12H2,(H,20,21). The zero-order valence-corrected chi connectivity index (χ0v) is 13.0. The Hall–Kier alpha value is -2.00. The summed E-state index contributed by atoms with van der Waals surface area (Å²) in [6, 6.07) is 14.8. The number of rotatable bonds is 6. The lowest BCUT2D eigenvalue weighted by Gasteiger charge is -2.08. The summed E-state index contributed by atoms with van der Waals surface area (Å²) < 4.78 is 5.70. The van der Waals surface area contributed by atoms with Crippen molar-refractivity contribution < 1.29 is 9.53 Å². The summed E-state index contributed by atoms with van der Waals surface area (Å²) in [7, 11) is 0. The molecule has 0 spiro atoms. The highest BCUT2D eigenvalue weighted by Crippen LogP contribution is 2.27. The molecule has 0 aliphatic heterocycles. The van der Waals surface area contributed by atoms with E-state index in [-0.39, 0.29) is 5.91 Å². The first kappa shape index (κ1) is 14.9. The molecular formula is C18H18ClNO2. The number of carbonyl (C=O) groups is 1. The summed E-state index contributed by atoms with van der Waals surface area (Å²) >= 11 is 5.85. The van der Waals surface area contributed by atoms with Gasteiger partial charge in [0.05, 0.1) is 0 Å². The minimum atomic E-state index is -0.0175. The van der Waals surface area contributed by atoms with Crippen molar-refractivity contribution in [2.45, 2.75) is 19.4 Å². The second kappa shape index (κ2) is 6.84. The molecule has 3 rings (SSSR count). The number of hydrogen-bond donors (Lipinski definition) is 1. The van der Waals surface area contributed by atoms with Crippen molar-refractivity contribution in [3.63, 3.8) is 0 Å². The molecule has 1 saturated carbocycles. The van der Waals surface area contributed by atoms with Crippen LogP contribution in [0.1, 0.15) is 28.8 Å². The van der Waals surface area contributed by atoms with Crippen molar-refractivity contribution in [2.24, 2.45) is 5.92 Å². The largest absolute Gasteiger partial charge is 0.489 e. The van der Waals surface area contributed by atoms with Crippen LogP contribution in [0.5, 0.6) is 5.75 Å². The number of ether oxygens (including phenoxy) is 1. The maximum Gasteiger partial charge on any atom is 0.251 e. The molecular weight excluding hydrogens is 298 g/mol. The summed E-state index contributed by atoms with van der Waals surface area (Å²) in [5, 5.41) is 3.66. The number of benzene rings is 2. The van der Waals surface area contributed by atoms with Crippen LogP contribution in [-0.4, -0.2) is 12.5 Å². The molecule has 1 aliphatic rings. The van der Waals surface area contributed by atoms with E-state index in [0.29, 0.717) is 23.1 Å². The van der Waals surface area contributed by atoms with Gasteiger partial charge in [0.15, 0.2) is 0 Å². The second-order valence-electron chi connectivity index (χ2n) is 5.59. The molecule has 4 heteroatoms. The molecule has 1 amide bonds. The van der Waals surface area contributed by atoms with Gasteiger partial charge < -0.3 is 10.1 Å². The Morgan fingerprint density at radius 3 is 2.41 bits per heavy atom. The van der Waals surface area contributed by atoms with Crippen molar-refractivity contribution >= 4 is 17.5 Å². The van der Waals surface area contributed by atoms with Crippen LogP contribution in [0.25, 0.3) is 0 Å². The van der Waals surface area contributed by atoms with Crippen molar-refractivity contribution in [2.75, 3.05) is 6.54 Å². The van der Waals surface area contributed by atoms with Gasteiger partial charge in [-0.05, 0) is 60.7 Å². The molecule has 3 nitrogen and oxygen atoms in total. The van der Waals surface area contributed by atoms with Crippen molar-refractivity contribution in [1.82, 2.24) is 5.32 Å². The Morgan fingerprint density at radius 1 is 1.09 bits per heavy atom. The molecule has 0 atom stereocenters. The normalized spacial score (nSPS) is 13.7. The molecule has 22 heavy (non-hydrogen) atoms. The number of halogens is 1. The molecule has 0 unspecified atom stereocenters. The molecule has 0 aromatic heterocycles. The maximum absolute atomic E-state index is 11.9. The van der Waals surface area contributed by atoms with E-state index in [0.717, 1.165) is 17.9 Å². The van der Waals surface area contributed by atoms with Gasteiger partial charge in [-0.2, -0.15) is 0 Å². The van der Waals surface area contributed by atoms with Crippen LogP contribution in [0.3, 0.4) is 0 Å². The molecule has 114 valence electrons. The van der Waals surface area contributed by atoms with Crippen LogP contribution in [-0.2, 0) is 6.61 Å². The molecule has 0 saturated heterocycles. The van der Waals surface area contributed by atoms with Crippen molar-refractivity contribution in [1.29, 1.82) is 0 Å². The Kier molecular flexibility index (Phi) is 4.64. The summed E-state index contributed by atoms with van der Waals surface area (Å²) in [6.45, 7) is 1.26. The smallest absolute Gasteiger partial charge is 0.251 e. The Labute approximate surface area is 135 Å². The molecule has 1 fully saturated rings. The van der Waals surface area contributed by atoms with Crippen LogP contribution >= 0.6 is 11.6 Å². The van der Waals surface area contributed by atoms with Crippen LogP contribution in [0.15, 0.2) is 48.5 Å². The van der Waals surface area contributed by atoms with Gasteiger partial charge in [0.1, 0.15) is 12.4 Å². The SMILES string of the molecule is O=C(NCC1CC1)c1ccc(OCc2ccc(Cl)cc2)cc1. The van der Waals surface area contributed by atoms with Gasteiger partial charge in [-0.3, -0.25) is 4.79 Å². The lowest BCUT2D eigenvalue weighted by molar-refractivity contribution is 0.0952. The van der Waals surface area contributed by atoms with E-state index in [9.17, 15) is 4.79 Å². The van der Waals surface area contributed by atoms with Gasteiger partial charge in [-0.1, -0.05) is 23.7 Å². The van der Waals surface area contributed by atoms with Crippen LogP contribution < -0.4 is 10.1 Å². The van der Waals surface area contributed by atoms with Gasteiger partial charge >= 0.3 is 0 Å². The van der Waals surface area contributed by atoms with E-state index in [2.05, 4.69) is 5.32 Å². The van der Waals surface area contributed by atoms with E-state index in [1.165, 1.54) is 12.8 Å². The molecule has 1 aliphatic carbocycles. The highest BCUT2D eigenvalue weighted by Gasteiger charge is 2.21. The van der Waals surface area contributed by atoms with E-state index >= 15 is 0 Å². The lowest BCUT2D eigenvalue weighted by atomic mass is 10.2.